The lowest BCUT2D eigenvalue weighted by molar-refractivity contribution is 0.592. The van der Waals surface area contributed by atoms with E-state index in [4.69, 9.17) is 16.3 Å². The van der Waals surface area contributed by atoms with Gasteiger partial charge in [0, 0.05) is 11.4 Å². The van der Waals surface area contributed by atoms with Crippen molar-refractivity contribution in [2.24, 2.45) is 0 Å². The quantitative estimate of drug-likeness (QED) is 0.821. The molecular weight excluding hydrogens is 262 g/mol. The molecule has 4 nitrogen and oxygen atoms in total. The molecule has 0 saturated carbocycles. The van der Waals surface area contributed by atoms with Gasteiger partial charge in [0.1, 0.15) is 17.8 Å². The molecule has 0 aromatic heterocycles. The molecule has 0 fully saturated rings. The molecule has 2 aromatic carbocycles. The van der Waals surface area contributed by atoms with E-state index in [-0.39, 0.29) is 22.5 Å². The first-order chi connectivity index (χ1) is 9.55. The van der Waals surface area contributed by atoms with Gasteiger partial charge in [0.05, 0.1) is 11.1 Å². The first-order valence-corrected chi connectivity index (χ1v) is 5.51. The lowest BCUT2D eigenvalue weighted by Crippen LogP contribution is -2.00. The third-order valence-electron chi connectivity index (χ3n) is 2.59. The number of halogens is 2. The smallest absolute Gasteiger partial charge is 0.151 e. The third-order valence-corrected chi connectivity index (χ3v) is 2.59. The Kier molecular flexibility index (Phi) is 3.49. The highest BCUT2D eigenvalue weighted by Gasteiger charge is 2.11. The van der Waals surface area contributed by atoms with Crippen molar-refractivity contribution in [3.05, 3.63) is 53.1 Å². The second-order valence-corrected chi connectivity index (χ2v) is 3.97. The molecule has 0 atom stereocenters. The number of nitrogens with zero attached hydrogens (tertiary/aromatic N) is 2. The summed E-state index contributed by atoms with van der Waals surface area (Å²) in [6.07, 6.45) is 0. The van der Waals surface area contributed by atoms with Gasteiger partial charge in [0.25, 0.3) is 0 Å². The van der Waals surface area contributed by atoms with Gasteiger partial charge >= 0.3 is 0 Å². The molecular formula is C14H8F2N4. The molecule has 0 spiro atoms. The normalized spacial score (nSPS) is 9.60. The second-order valence-electron chi connectivity index (χ2n) is 3.97. The van der Waals surface area contributed by atoms with Gasteiger partial charge in [-0.25, -0.2) is 8.78 Å². The van der Waals surface area contributed by atoms with E-state index >= 15 is 0 Å². The summed E-state index contributed by atoms with van der Waals surface area (Å²) in [6, 6.07) is 9.86. The van der Waals surface area contributed by atoms with Gasteiger partial charge in [-0.15, -0.1) is 0 Å². The minimum atomic E-state index is -0.842. The van der Waals surface area contributed by atoms with Crippen LogP contribution >= 0.6 is 0 Å². The predicted molar refractivity (Wildman–Crippen MR) is 69.9 cm³/mol. The van der Waals surface area contributed by atoms with Crippen LogP contribution in [0.5, 0.6) is 0 Å². The number of anilines is 3. The Morgan fingerprint density at radius 1 is 0.950 bits per heavy atom. The van der Waals surface area contributed by atoms with Crippen LogP contribution < -0.4 is 11.1 Å². The maximum Gasteiger partial charge on any atom is 0.151 e. The van der Waals surface area contributed by atoms with E-state index in [1.54, 1.807) is 0 Å². The molecule has 0 amide bonds. The van der Waals surface area contributed by atoms with Crippen LogP contribution in [0.15, 0.2) is 30.3 Å². The third kappa shape index (κ3) is 2.50. The van der Waals surface area contributed by atoms with E-state index in [2.05, 4.69) is 5.32 Å². The van der Waals surface area contributed by atoms with Crippen molar-refractivity contribution < 1.29 is 8.78 Å². The zero-order valence-electron chi connectivity index (χ0n) is 10.1. The molecule has 0 radical (unpaired) electrons. The molecule has 0 saturated heterocycles. The van der Waals surface area contributed by atoms with Gasteiger partial charge in [0.2, 0.25) is 0 Å². The standard InChI is InChI=1S/C14H8F2N4/c15-12-4-10(19)5-13(16)14(12)20-11-2-1-8(6-17)9(3-11)7-18/h1-5,20H,19H2. The average Bonchev–Trinajstić information content (AvgIpc) is 2.42. The summed E-state index contributed by atoms with van der Waals surface area (Å²) in [4.78, 5) is 0. The van der Waals surface area contributed by atoms with Crippen molar-refractivity contribution in [1.82, 2.24) is 0 Å². The Hall–Kier alpha value is -3.12. The van der Waals surface area contributed by atoms with E-state index in [9.17, 15) is 8.78 Å². The highest BCUT2D eigenvalue weighted by atomic mass is 19.1. The maximum atomic E-state index is 13.6. The summed E-state index contributed by atoms with van der Waals surface area (Å²) in [7, 11) is 0. The van der Waals surface area contributed by atoms with E-state index < -0.39 is 11.6 Å². The van der Waals surface area contributed by atoms with Gasteiger partial charge in [-0.1, -0.05) is 0 Å². The van der Waals surface area contributed by atoms with Gasteiger partial charge in [-0.05, 0) is 30.3 Å². The van der Waals surface area contributed by atoms with Crippen molar-refractivity contribution >= 4 is 17.1 Å². The topological polar surface area (TPSA) is 85.6 Å². The molecule has 0 aliphatic heterocycles. The highest BCUT2D eigenvalue weighted by molar-refractivity contribution is 5.66. The average molecular weight is 270 g/mol. The molecule has 6 heteroatoms. The highest BCUT2D eigenvalue weighted by Crippen LogP contribution is 2.26. The van der Waals surface area contributed by atoms with Gasteiger partial charge in [-0.2, -0.15) is 10.5 Å². The van der Waals surface area contributed by atoms with Crippen LogP contribution in [0.2, 0.25) is 0 Å². The first kappa shape index (κ1) is 13.3. The molecule has 2 rings (SSSR count). The molecule has 20 heavy (non-hydrogen) atoms. The molecule has 0 unspecified atom stereocenters. The number of rotatable bonds is 2. The Balaban J connectivity index is 2.42. The number of nitrogens with two attached hydrogens (primary N) is 1. The van der Waals surface area contributed by atoms with Crippen LogP contribution in [0, 0.1) is 34.3 Å². The number of hydrogen-bond acceptors (Lipinski definition) is 4. The van der Waals surface area contributed by atoms with E-state index in [0.29, 0.717) is 5.69 Å². The van der Waals surface area contributed by atoms with Crippen molar-refractivity contribution in [1.29, 1.82) is 10.5 Å². The van der Waals surface area contributed by atoms with Crippen molar-refractivity contribution in [2.75, 3.05) is 11.1 Å². The SMILES string of the molecule is N#Cc1ccc(Nc2c(F)cc(N)cc2F)cc1C#N. The molecule has 98 valence electrons. The van der Waals surface area contributed by atoms with Crippen molar-refractivity contribution in [3.8, 4) is 12.1 Å². The van der Waals surface area contributed by atoms with Crippen LogP contribution in [0.3, 0.4) is 0 Å². The van der Waals surface area contributed by atoms with Crippen molar-refractivity contribution in [2.45, 2.75) is 0 Å². The maximum absolute atomic E-state index is 13.6. The number of nitrogen functional groups attached to an aromatic ring is 1. The second kappa shape index (κ2) is 5.25. The first-order valence-electron chi connectivity index (χ1n) is 5.51. The number of nitriles is 2. The van der Waals surface area contributed by atoms with Gasteiger partial charge in [-0.3, -0.25) is 0 Å². The molecule has 0 bridgehead atoms. The van der Waals surface area contributed by atoms with Crippen LogP contribution in [0.25, 0.3) is 0 Å². The summed E-state index contributed by atoms with van der Waals surface area (Å²) in [5, 5.41) is 20.2. The Bertz CT molecular complexity index is 734. The van der Waals surface area contributed by atoms with E-state index in [1.165, 1.54) is 18.2 Å². The zero-order valence-corrected chi connectivity index (χ0v) is 10.1. The summed E-state index contributed by atoms with van der Waals surface area (Å²) in [5.41, 5.74) is 5.53. The molecule has 2 aromatic rings. The Labute approximate surface area is 113 Å². The fourth-order valence-electron chi connectivity index (χ4n) is 1.67. The number of benzene rings is 2. The van der Waals surface area contributed by atoms with Crippen LogP contribution in [-0.2, 0) is 0 Å². The molecule has 0 aliphatic carbocycles. The van der Waals surface area contributed by atoms with Gasteiger partial charge < -0.3 is 11.1 Å². The largest absolute Gasteiger partial charge is 0.399 e. The van der Waals surface area contributed by atoms with Crippen molar-refractivity contribution in [3.63, 3.8) is 0 Å². The molecule has 0 heterocycles. The van der Waals surface area contributed by atoms with E-state index in [1.807, 2.05) is 12.1 Å². The Morgan fingerprint density at radius 2 is 1.55 bits per heavy atom. The fraction of sp³-hybridized carbons (Fsp3) is 0. The zero-order chi connectivity index (χ0) is 14.7. The number of nitrogens with one attached hydrogen (secondary N) is 1. The van der Waals surface area contributed by atoms with Crippen LogP contribution in [0.4, 0.5) is 25.8 Å². The summed E-state index contributed by atoms with van der Waals surface area (Å²) in [5.74, 6) is -1.68. The predicted octanol–water partition coefficient (Wildman–Crippen LogP) is 3.03. The lowest BCUT2D eigenvalue weighted by Gasteiger charge is -2.10. The number of hydrogen-bond donors (Lipinski definition) is 2. The van der Waals surface area contributed by atoms with Gasteiger partial charge in [0.15, 0.2) is 11.6 Å². The molecule has 3 N–H and O–H groups in total. The summed E-state index contributed by atoms with van der Waals surface area (Å²) >= 11 is 0. The monoisotopic (exact) mass is 270 g/mol. The minimum absolute atomic E-state index is 0.0249. The summed E-state index contributed by atoms with van der Waals surface area (Å²) in [6.45, 7) is 0. The summed E-state index contributed by atoms with van der Waals surface area (Å²) < 4.78 is 27.2. The fourth-order valence-corrected chi connectivity index (χ4v) is 1.67. The van der Waals surface area contributed by atoms with Crippen LogP contribution in [-0.4, -0.2) is 0 Å². The van der Waals surface area contributed by atoms with Crippen LogP contribution in [0.1, 0.15) is 11.1 Å². The molecule has 0 aliphatic rings. The lowest BCUT2D eigenvalue weighted by atomic mass is 10.1. The Morgan fingerprint density at radius 3 is 2.10 bits per heavy atom. The van der Waals surface area contributed by atoms with E-state index in [0.717, 1.165) is 12.1 Å². The minimum Gasteiger partial charge on any atom is -0.399 e.